The van der Waals surface area contributed by atoms with E-state index in [1.807, 2.05) is 0 Å². The van der Waals surface area contributed by atoms with Gasteiger partial charge in [-0.2, -0.15) is 13.2 Å². The third-order valence-corrected chi connectivity index (χ3v) is 3.40. The molecule has 0 saturated heterocycles. The van der Waals surface area contributed by atoms with E-state index in [2.05, 4.69) is 21.0 Å². The summed E-state index contributed by atoms with van der Waals surface area (Å²) in [5.74, 6) is -0.830. The molecule has 0 atom stereocenters. The van der Waals surface area contributed by atoms with Crippen LogP contribution in [-0.4, -0.2) is 24.6 Å². The smallest absolute Gasteiger partial charge is 0.358 e. The first kappa shape index (κ1) is 18.2. The highest BCUT2D eigenvalue weighted by molar-refractivity contribution is 9.10. The van der Waals surface area contributed by atoms with Gasteiger partial charge in [0.05, 0.1) is 26.7 Å². The van der Waals surface area contributed by atoms with Crippen LogP contribution in [0.2, 0.25) is 0 Å². The summed E-state index contributed by atoms with van der Waals surface area (Å²) in [5, 5.41) is 36.3. The Labute approximate surface area is 142 Å². The Bertz CT molecular complexity index is 876. The van der Waals surface area contributed by atoms with E-state index < -0.39 is 49.4 Å². The number of nitro benzene ring substituents is 2. The van der Waals surface area contributed by atoms with E-state index in [0.717, 1.165) is 6.20 Å². The molecule has 0 radical (unpaired) electrons. The molecule has 1 heterocycles. The molecule has 0 N–H and O–H groups in total. The van der Waals surface area contributed by atoms with Gasteiger partial charge >= 0.3 is 23.4 Å². The van der Waals surface area contributed by atoms with Crippen LogP contribution in [0, 0.1) is 30.3 Å². The minimum absolute atomic E-state index is 0.0871. The molecule has 1 aromatic heterocycles. The number of hydrogen-bond acceptors (Lipinski definition) is 7. The maximum absolute atomic E-state index is 12.8. The molecule has 1 aromatic carbocycles. The molecule has 15 heteroatoms. The Kier molecular flexibility index (Phi) is 4.44. The summed E-state index contributed by atoms with van der Waals surface area (Å²) >= 11 is 2.74. The predicted octanol–water partition coefficient (Wildman–Crippen LogP) is 3.38. The summed E-state index contributed by atoms with van der Waals surface area (Å²) in [7, 11) is 0. The average Bonchev–Trinajstić information content (AvgIpc) is 2.86. The largest absolute Gasteiger partial charge is 0.416 e. The Morgan fingerprint density at radius 2 is 1.48 bits per heavy atom. The number of benzene rings is 1. The fraction of sp³-hybridized carbons (Fsp3) is 0.100. The van der Waals surface area contributed by atoms with Gasteiger partial charge in [-0.05, 0) is 20.9 Å². The summed E-state index contributed by atoms with van der Waals surface area (Å²) in [5.41, 5.74) is -5.13. The molecule has 0 aliphatic carbocycles. The van der Waals surface area contributed by atoms with Crippen LogP contribution in [0.25, 0.3) is 5.69 Å². The minimum atomic E-state index is -5.08. The maximum atomic E-state index is 12.8. The summed E-state index contributed by atoms with van der Waals surface area (Å²) < 4.78 is 38.6. The van der Waals surface area contributed by atoms with Crippen molar-refractivity contribution in [3.63, 3.8) is 0 Å². The van der Waals surface area contributed by atoms with Gasteiger partial charge in [0.25, 0.3) is 0 Å². The second kappa shape index (κ2) is 6.08. The van der Waals surface area contributed by atoms with Crippen LogP contribution >= 0.6 is 15.9 Å². The van der Waals surface area contributed by atoms with Gasteiger partial charge in [0, 0.05) is 12.1 Å². The van der Waals surface area contributed by atoms with Crippen molar-refractivity contribution in [3.05, 3.63) is 58.7 Å². The summed E-state index contributed by atoms with van der Waals surface area (Å²) in [4.78, 5) is 29.4. The zero-order valence-corrected chi connectivity index (χ0v) is 13.0. The van der Waals surface area contributed by atoms with Gasteiger partial charge in [-0.15, -0.1) is 4.68 Å². The molecular weight excluding hydrogens is 423 g/mol. The minimum Gasteiger partial charge on any atom is -0.358 e. The molecular formula is C10H3BrF3N5O6. The van der Waals surface area contributed by atoms with Crippen molar-refractivity contribution in [3.8, 4) is 5.69 Å². The molecule has 11 nitrogen and oxygen atoms in total. The second-order valence-corrected chi connectivity index (χ2v) is 5.23. The number of aromatic nitrogens is 2. The van der Waals surface area contributed by atoms with Crippen LogP contribution in [0.5, 0.6) is 0 Å². The van der Waals surface area contributed by atoms with Gasteiger partial charge in [-0.3, -0.25) is 20.2 Å². The second-order valence-electron chi connectivity index (χ2n) is 4.38. The van der Waals surface area contributed by atoms with Crippen molar-refractivity contribution < 1.29 is 27.9 Å². The first-order valence-electron chi connectivity index (χ1n) is 5.87. The van der Waals surface area contributed by atoms with E-state index in [4.69, 9.17) is 0 Å². The monoisotopic (exact) mass is 425 g/mol. The van der Waals surface area contributed by atoms with Crippen molar-refractivity contribution in [2.45, 2.75) is 6.18 Å². The molecule has 0 unspecified atom stereocenters. The number of rotatable bonds is 4. The third-order valence-electron chi connectivity index (χ3n) is 2.84. The summed E-state index contributed by atoms with van der Waals surface area (Å²) in [6.45, 7) is 0. The van der Waals surface area contributed by atoms with Crippen LogP contribution in [-0.2, 0) is 6.18 Å². The van der Waals surface area contributed by atoms with Gasteiger partial charge in [-0.25, -0.2) is 0 Å². The lowest BCUT2D eigenvalue weighted by Gasteiger charge is -2.08. The standard InChI is InChI=1S/C10H3BrF3N5O6/c11-5-3-16(15-9(5)19(24)25)8-6(17(20)21)1-4(10(12,13)14)2-7(8)18(22)23/h1-3H. The van der Waals surface area contributed by atoms with E-state index in [1.54, 1.807) is 0 Å². The Balaban J connectivity index is 2.88. The van der Waals surface area contributed by atoms with E-state index >= 15 is 0 Å². The van der Waals surface area contributed by atoms with Crippen molar-refractivity contribution in [2.75, 3.05) is 0 Å². The van der Waals surface area contributed by atoms with Crippen LogP contribution in [0.15, 0.2) is 22.8 Å². The molecule has 0 fully saturated rings. The highest BCUT2D eigenvalue weighted by atomic mass is 79.9. The van der Waals surface area contributed by atoms with E-state index in [9.17, 15) is 43.5 Å². The quantitative estimate of drug-likeness (QED) is 0.538. The SMILES string of the molecule is O=[N+]([O-])c1cc(C(F)(F)F)cc([N+](=O)[O-])c1-n1cc(Br)c([N+](=O)[O-])n1. The predicted molar refractivity (Wildman–Crippen MR) is 76.2 cm³/mol. The van der Waals surface area contributed by atoms with Crippen molar-refractivity contribution in [2.24, 2.45) is 0 Å². The highest BCUT2D eigenvalue weighted by Crippen LogP contribution is 2.40. The van der Waals surface area contributed by atoms with Gasteiger partial charge in [-0.1, -0.05) is 0 Å². The van der Waals surface area contributed by atoms with Gasteiger partial charge in [0.1, 0.15) is 4.47 Å². The van der Waals surface area contributed by atoms with Crippen molar-refractivity contribution >= 4 is 33.1 Å². The number of nitro groups is 3. The van der Waals surface area contributed by atoms with E-state index in [1.165, 1.54) is 0 Å². The lowest BCUT2D eigenvalue weighted by atomic mass is 10.1. The zero-order chi connectivity index (χ0) is 19.1. The molecule has 0 aliphatic rings. The molecule has 132 valence electrons. The Morgan fingerprint density at radius 1 is 1.00 bits per heavy atom. The van der Waals surface area contributed by atoms with Crippen LogP contribution in [0.4, 0.5) is 30.4 Å². The maximum Gasteiger partial charge on any atom is 0.416 e. The molecule has 2 aromatic rings. The van der Waals surface area contributed by atoms with Gasteiger partial charge < -0.3 is 10.1 Å². The summed E-state index contributed by atoms with van der Waals surface area (Å²) in [6.07, 6.45) is -4.29. The van der Waals surface area contributed by atoms with Gasteiger partial charge in [0.2, 0.25) is 5.69 Å². The van der Waals surface area contributed by atoms with Crippen molar-refractivity contribution in [1.82, 2.24) is 9.78 Å². The molecule has 0 aliphatic heterocycles. The topological polar surface area (TPSA) is 147 Å². The van der Waals surface area contributed by atoms with E-state index in [-0.39, 0.29) is 16.6 Å². The average molecular weight is 426 g/mol. The number of alkyl halides is 3. The lowest BCUT2D eigenvalue weighted by Crippen LogP contribution is -2.11. The Morgan fingerprint density at radius 3 is 1.80 bits per heavy atom. The number of halogens is 4. The van der Waals surface area contributed by atoms with Crippen LogP contribution < -0.4 is 0 Å². The molecule has 0 amide bonds. The van der Waals surface area contributed by atoms with Crippen LogP contribution in [0.1, 0.15) is 5.56 Å². The fourth-order valence-electron chi connectivity index (χ4n) is 1.86. The van der Waals surface area contributed by atoms with Gasteiger partial charge in [0.15, 0.2) is 0 Å². The highest BCUT2D eigenvalue weighted by Gasteiger charge is 2.39. The first-order valence-corrected chi connectivity index (χ1v) is 6.66. The molecule has 0 saturated carbocycles. The normalized spacial score (nSPS) is 11.4. The fourth-order valence-corrected chi connectivity index (χ4v) is 2.28. The summed E-state index contributed by atoms with van der Waals surface area (Å²) in [6, 6.07) is 0.174. The molecule has 0 bridgehead atoms. The Hall–Kier alpha value is -3.10. The number of nitrogens with zero attached hydrogens (tertiary/aromatic N) is 5. The van der Waals surface area contributed by atoms with E-state index in [0.29, 0.717) is 4.68 Å². The first-order chi connectivity index (χ1) is 11.4. The molecule has 0 spiro atoms. The zero-order valence-electron chi connectivity index (χ0n) is 11.4. The molecule has 2 rings (SSSR count). The molecule has 25 heavy (non-hydrogen) atoms. The van der Waals surface area contributed by atoms with Crippen molar-refractivity contribution in [1.29, 1.82) is 0 Å². The third kappa shape index (κ3) is 3.39. The number of hydrogen-bond donors (Lipinski definition) is 0. The van der Waals surface area contributed by atoms with Crippen LogP contribution in [0.3, 0.4) is 0 Å². The lowest BCUT2D eigenvalue weighted by molar-refractivity contribution is -0.394.